The van der Waals surface area contributed by atoms with Crippen molar-refractivity contribution in [2.45, 2.75) is 33.6 Å². The number of carbonyl (C=O) groups excluding carboxylic acids is 3. The minimum atomic E-state index is -0.428. The van der Waals surface area contributed by atoms with Crippen LogP contribution in [0, 0.1) is 19.8 Å². The van der Waals surface area contributed by atoms with E-state index in [1.807, 2.05) is 36.9 Å². The molecule has 3 rings (SSSR count). The number of rotatable bonds is 7. The van der Waals surface area contributed by atoms with Gasteiger partial charge in [0.1, 0.15) is 11.5 Å². The van der Waals surface area contributed by atoms with Gasteiger partial charge in [-0.25, -0.2) is 0 Å². The number of likely N-dealkylation sites (tertiary alicyclic amines) is 1. The summed E-state index contributed by atoms with van der Waals surface area (Å²) in [4.78, 5) is 37.8. The second-order valence-electron chi connectivity index (χ2n) is 8.19. The molecule has 32 heavy (non-hydrogen) atoms. The first kappa shape index (κ1) is 23.3. The maximum Gasteiger partial charge on any atom is 0.308 e. The van der Waals surface area contributed by atoms with E-state index in [1.54, 1.807) is 24.3 Å². The summed E-state index contributed by atoms with van der Waals surface area (Å²) in [6, 6.07) is 12.4. The van der Waals surface area contributed by atoms with E-state index in [0.29, 0.717) is 42.6 Å². The van der Waals surface area contributed by atoms with E-state index in [0.717, 1.165) is 18.4 Å². The van der Waals surface area contributed by atoms with Crippen molar-refractivity contribution in [2.75, 3.05) is 26.2 Å². The molecule has 0 spiro atoms. The second kappa shape index (κ2) is 10.8. The lowest BCUT2D eigenvalue weighted by Crippen LogP contribution is -2.43. The molecule has 1 saturated heterocycles. The Balaban J connectivity index is 1.40. The van der Waals surface area contributed by atoms with Gasteiger partial charge in [0, 0.05) is 32.1 Å². The zero-order chi connectivity index (χ0) is 23.1. The molecule has 0 unspecified atom stereocenters. The summed E-state index contributed by atoms with van der Waals surface area (Å²) in [7, 11) is 0. The van der Waals surface area contributed by atoms with Crippen molar-refractivity contribution >= 4 is 17.8 Å². The van der Waals surface area contributed by atoms with E-state index >= 15 is 0 Å². The SMILES string of the molecule is CC(=O)Oc1cccc(C(=O)NCC2CCN(C(=O)COc3ccc(C)c(C)c3)CC2)c1. The van der Waals surface area contributed by atoms with Crippen molar-refractivity contribution in [3.05, 3.63) is 59.2 Å². The molecule has 2 aromatic carbocycles. The van der Waals surface area contributed by atoms with Gasteiger partial charge < -0.3 is 19.7 Å². The first-order valence-corrected chi connectivity index (χ1v) is 10.9. The molecule has 1 aliphatic rings. The first-order chi connectivity index (χ1) is 15.3. The monoisotopic (exact) mass is 438 g/mol. The fraction of sp³-hybridized carbons (Fsp3) is 0.400. The van der Waals surface area contributed by atoms with Crippen molar-refractivity contribution in [2.24, 2.45) is 5.92 Å². The molecule has 0 saturated carbocycles. The van der Waals surface area contributed by atoms with Crippen LogP contribution in [0.1, 0.15) is 41.3 Å². The van der Waals surface area contributed by atoms with Gasteiger partial charge in [0.2, 0.25) is 0 Å². The lowest BCUT2D eigenvalue weighted by molar-refractivity contribution is -0.135. The third-order valence-electron chi connectivity index (χ3n) is 5.72. The van der Waals surface area contributed by atoms with Crippen LogP contribution in [0.25, 0.3) is 0 Å². The fourth-order valence-electron chi connectivity index (χ4n) is 3.63. The Kier molecular flexibility index (Phi) is 7.87. The molecule has 0 aliphatic carbocycles. The molecule has 1 N–H and O–H groups in total. The van der Waals surface area contributed by atoms with E-state index in [2.05, 4.69) is 5.32 Å². The van der Waals surface area contributed by atoms with Gasteiger partial charge in [0.05, 0.1) is 0 Å². The summed E-state index contributed by atoms with van der Waals surface area (Å²) in [5, 5.41) is 2.94. The molecule has 2 aromatic rings. The van der Waals surface area contributed by atoms with Crippen LogP contribution in [-0.4, -0.2) is 48.9 Å². The average Bonchev–Trinajstić information content (AvgIpc) is 2.78. The van der Waals surface area contributed by atoms with Crippen molar-refractivity contribution in [1.29, 1.82) is 0 Å². The van der Waals surface area contributed by atoms with Crippen molar-refractivity contribution in [3.8, 4) is 11.5 Å². The standard InChI is InChI=1S/C25H30N2O5/c1-17-7-8-22(13-18(17)2)31-16-24(29)27-11-9-20(10-12-27)15-26-25(30)21-5-4-6-23(14-21)32-19(3)28/h4-8,13-14,20H,9-12,15-16H2,1-3H3,(H,26,30). The quantitative estimate of drug-likeness (QED) is 0.530. The van der Waals surface area contributed by atoms with Crippen LogP contribution in [0.4, 0.5) is 0 Å². The Morgan fingerprint density at radius 1 is 1.00 bits per heavy atom. The lowest BCUT2D eigenvalue weighted by Gasteiger charge is -2.32. The minimum Gasteiger partial charge on any atom is -0.484 e. The highest BCUT2D eigenvalue weighted by molar-refractivity contribution is 5.94. The third kappa shape index (κ3) is 6.57. The number of hydrogen-bond acceptors (Lipinski definition) is 5. The van der Waals surface area contributed by atoms with Gasteiger partial charge in [-0.2, -0.15) is 0 Å². The number of ether oxygens (including phenoxy) is 2. The summed E-state index contributed by atoms with van der Waals surface area (Å²) >= 11 is 0. The molecule has 1 heterocycles. The Morgan fingerprint density at radius 2 is 1.75 bits per heavy atom. The highest BCUT2D eigenvalue weighted by Crippen LogP contribution is 2.19. The normalized spacial score (nSPS) is 14.0. The topological polar surface area (TPSA) is 84.9 Å². The zero-order valence-corrected chi connectivity index (χ0v) is 18.8. The minimum absolute atomic E-state index is 0.0204. The summed E-state index contributed by atoms with van der Waals surface area (Å²) in [6.07, 6.45) is 1.65. The Hall–Kier alpha value is -3.35. The first-order valence-electron chi connectivity index (χ1n) is 10.9. The number of esters is 1. The molecule has 7 nitrogen and oxygen atoms in total. The number of carbonyl (C=O) groups is 3. The number of nitrogens with zero attached hydrogens (tertiary/aromatic N) is 1. The Morgan fingerprint density at radius 3 is 2.44 bits per heavy atom. The second-order valence-corrected chi connectivity index (χ2v) is 8.19. The highest BCUT2D eigenvalue weighted by atomic mass is 16.5. The molecule has 2 amide bonds. The number of piperidine rings is 1. The van der Waals surface area contributed by atoms with Gasteiger partial charge in [0.25, 0.3) is 11.8 Å². The predicted molar refractivity (Wildman–Crippen MR) is 121 cm³/mol. The van der Waals surface area contributed by atoms with Crippen molar-refractivity contribution in [3.63, 3.8) is 0 Å². The van der Waals surface area contributed by atoms with Crippen molar-refractivity contribution in [1.82, 2.24) is 10.2 Å². The Bertz CT molecular complexity index is 980. The fourth-order valence-corrected chi connectivity index (χ4v) is 3.63. The number of nitrogens with one attached hydrogen (secondary N) is 1. The van der Waals surface area contributed by atoms with Crippen LogP contribution in [0.5, 0.6) is 11.5 Å². The summed E-state index contributed by atoms with van der Waals surface area (Å²) in [5.74, 6) is 0.702. The molecule has 1 aliphatic heterocycles. The maximum atomic E-state index is 12.5. The lowest BCUT2D eigenvalue weighted by atomic mass is 9.96. The smallest absolute Gasteiger partial charge is 0.308 e. The van der Waals surface area contributed by atoms with Crippen LogP contribution in [0.15, 0.2) is 42.5 Å². The highest BCUT2D eigenvalue weighted by Gasteiger charge is 2.23. The molecule has 0 radical (unpaired) electrons. The number of hydrogen-bond donors (Lipinski definition) is 1. The summed E-state index contributed by atoms with van der Waals surface area (Å²) < 4.78 is 10.7. The maximum absolute atomic E-state index is 12.5. The molecular weight excluding hydrogens is 408 g/mol. The Labute approximate surface area is 188 Å². The van der Waals surface area contributed by atoms with E-state index < -0.39 is 5.97 Å². The van der Waals surface area contributed by atoms with Crippen LogP contribution < -0.4 is 14.8 Å². The summed E-state index contributed by atoms with van der Waals surface area (Å²) in [5.41, 5.74) is 2.77. The average molecular weight is 439 g/mol. The van der Waals surface area contributed by atoms with Gasteiger partial charge in [-0.1, -0.05) is 12.1 Å². The van der Waals surface area contributed by atoms with Gasteiger partial charge in [-0.15, -0.1) is 0 Å². The molecule has 0 atom stereocenters. The van der Waals surface area contributed by atoms with E-state index in [-0.39, 0.29) is 18.4 Å². The van der Waals surface area contributed by atoms with E-state index in [9.17, 15) is 14.4 Å². The molecular formula is C25H30N2O5. The largest absolute Gasteiger partial charge is 0.484 e. The summed E-state index contributed by atoms with van der Waals surface area (Å²) in [6.45, 7) is 7.25. The van der Waals surface area contributed by atoms with Crippen LogP contribution in [0.3, 0.4) is 0 Å². The zero-order valence-electron chi connectivity index (χ0n) is 18.8. The number of aryl methyl sites for hydroxylation is 2. The van der Waals surface area contributed by atoms with Gasteiger partial charge >= 0.3 is 5.97 Å². The molecule has 0 bridgehead atoms. The van der Waals surface area contributed by atoms with Gasteiger partial charge in [0.15, 0.2) is 6.61 Å². The van der Waals surface area contributed by atoms with Crippen LogP contribution in [-0.2, 0) is 9.59 Å². The molecule has 7 heteroatoms. The molecule has 0 aromatic heterocycles. The van der Waals surface area contributed by atoms with E-state index in [1.165, 1.54) is 12.5 Å². The third-order valence-corrected chi connectivity index (χ3v) is 5.72. The van der Waals surface area contributed by atoms with Gasteiger partial charge in [-0.05, 0) is 74.1 Å². The van der Waals surface area contributed by atoms with Crippen molar-refractivity contribution < 1.29 is 23.9 Å². The van der Waals surface area contributed by atoms with E-state index in [4.69, 9.17) is 9.47 Å². The number of amides is 2. The molecule has 1 fully saturated rings. The predicted octanol–water partition coefficient (Wildman–Crippen LogP) is 3.28. The van der Waals surface area contributed by atoms with Crippen LogP contribution >= 0.6 is 0 Å². The number of benzene rings is 2. The van der Waals surface area contributed by atoms with Gasteiger partial charge in [-0.3, -0.25) is 14.4 Å². The molecule has 170 valence electrons. The van der Waals surface area contributed by atoms with Crippen LogP contribution in [0.2, 0.25) is 0 Å².